The van der Waals surface area contributed by atoms with Crippen molar-refractivity contribution in [2.75, 3.05) is 0 Å². The maximum Gasteiger partial charge on any atom is 0.0830 e. The number of pyridine rings is 6. The van der Waals surface area contributed by atoms with E-state index in [1.165, 1.54) is 123 Å². The zero-order valence-electron chi connectivity index (χ0n) is 78.5. The van der Waals surface area contributed by atoms with Gasteiger partial charge in [0.2, 0.25) is 0 Å². The maximum absolute atomic E-state index is 7.75. The van der Waals surface area contributed by atoms with Gasteiger partial charge >= 0.3 is 0 Å². The van der Waals surface area contributed by atoms with E-state index in [-0.39, 0.29) is 71.6 Å². The van der Waals surface area contributed by atoms with Crippen molar-refractivity contribution in [2.24, 2.45) is 5.92 Å². The average Bonchev–Trinajstić information content (AvgIpc) is 0.995. The van der Waals surface area contributed by atoms with Crippen LogP contribution in [0.25, 0.3) is 101 Å². The molecule has 15 aromatic rings. The van der Waals surface area contributed by atoms with Gasteiger partial charge in [0.15, 0.2) is 0 Å². The Balaban J connectivity index is 0.000000177. The SMILES string of the molecule is CC(C)Cc1cc(-c2[c-]cccc2)ncc1-c1ccc([Si](C)(C)C)cc1.C[Si](C)(C)c1ccc(-c2cnc(-c3[c-]cccc3)cc2C2CCCC2)cc1.C[Si](C)(C)c1ccc(-c2cnc(-c3[c-]cccc3)cc2C2CCCCC2)cc1.[2H]c1[c-]c(-c2nc([2H])c([2H])c([2H])c2[2H])c([2H])c([2H])c1[2H].[Ir].[Ir].[Ir].[c-]1ccccc1-c1ccccn1.[c-]1ccccc1-c1ccccn1. The van der Waals surface area contributed by atoms with E-state index >= 15 is 0 Å². The zero-order chi connectivity index (χ0) is 88.8. The molecule has 2 aliphatic carbocycles. The van der Waals surface area contributed by atoms with Gasteiger partial charge in [-0.05, 0) is 138 Å². The van der Waals surface area contributed by atoms with Crippen molar-refractivity contribution >= 4 is 39.8 Å². The van der Waals surface area contributed by atoms with E-state index in [9.17, 15) is 0 Å². The molecule has 0 unspecified atom stereocenters. The Bertz CT molecular complexity index is 5760. The van der Waals surface area contributed by atoms with Crippen molar-refractivity contribution in [2.45, 2.75) is 149 Å². The summed E-state index contributed by atoms with van der Waals surface area (Å²) in [6.07, 6.45) is 22.2. The molecule has 0 saturated heterocycles. The average molecular weight is 2160 g/mol. The van der Waals surface area contributed by atoms with Crippen LogP contribution in [-0.4, -0.2) is 54.1 Å². The van der Waals surface area contributed by atoms with E-state index in [1.54, 1.807) is 12.4 Å². The molecule has 0 amide bonds. The van der Waals surface area contributed by atoms with E-state index in [0.717, 1.165) is 62.7 Å². The number of aromatic nitrogens is 6. The summed E-state index contributed by atoms with van der Waals surface area (Å²) in [6.45, 7) is 26.1. The molecule has 0 atom stereocenters. The van der Waals surface area contributed by atoms with E-state index in [1.807, 2.05) is 134 Å². The van der Waals surface area contributed by atoms with Gasteiger partial charge in [-0.2, -0.15) is 0 Å². The summed E-state index contributed by atoms with van der Waals surface area (Å²) in [4.78, 5) is 26.5. The summed E-state index contributed by atoms with van der Waals surface area (Å²) in [7, 11) is -3.81. The molecule has 12 heteroatoms. The molecule has 9 aromatic carbocycles. The first-order valence-electron chi connectivity index (χ1n) is 45.0. The minimum absolute atomic E-state index is 0. The normalized spacial score (nSPS) is 13.4. The summed E-state index contributed by atoms with van der Waals surface area (Å²) in [5.74, 6) is 1.90. The molecule has 6 heterocycles. The van der Waals surface area contributed by atoms with E-state index < -0.39 is 72.7 Å². The van der Waals surface area contributed by atoms with Crippen LogP contribution in [0.15, 0.2) is 328 Å². The smallest absolute Gasteiger partial charge is 0.0830 e. The minimum atomic E-state index is -1.28. The fraction of sp³-hybridized carbons (Fsp3) is 0.222. The summed E-state index contributed by atoms with van der Waals surface area (Å²) < 4.78 is 60.4. The molecule has 2 saturated carbocycles. The van der Waals surface area contributed by atoms with Crippen LogP contribution in [0.1, 0.15) is 111 Å². The largest absolute Gasteiger partial charge is 0.305 e. The quantitative estimate of drug-likeness (QED) is 0.0709. The predicted molar refractivity (Wildman–Crippen MR) is 502 cm³/mol. The molecule has 0 spiro atoms. The molecular weight excluding hydrogens is 2040 g/mol. The fourth-order valence-corrected chi connectivity index (χ4v) is 18.0. The van der Waals surface area contributed by atoms with Crippen molar-refractivity contribution < 1.29 is 71.3 Å². The molecule has 2 aliphatic rings. The summed E-state index contributed by atoms with van der Waals surface area (Å²) in [5.41, 5.74) is 22.0. The number of rotatable bonds is 16. The molecule has 0 N–H and O–H groups in total. The molecule has 3 radical (unpaired) electrons. The Morgan fingerprint density at radius 2 is 0.683 bits per heavy atom. The van der Waals surface area contributed by atoms with Crippen LogP contribution in [0.2, 0.25) is 58.9 Å². The Morgan fingerprint density at radius 1 is 0.333 bits per heavy atom. The van der Waals surface area contributed by atoms with E-state index in [0.29, 0.717) is 17.8 Å². The van der Waals surface area contributed by atoms with Gasteiger partial charge in [-0.1, -0.05) is 248 Å². The van der Waals surface area contributed by atoms with Crippen LogP contribution in [0.5, 0.6) is 0 Å². The first kappa shape index (κ1) is 82.8. The van der Waals surface area contributed by atoms with Gasteiger partial charge in [0.1, 0.15) is 0 Å². The number of nitrogens with zero attached hydrogens (tertiary/aromatic N) is 6. The fourth-order valence-electron chi connectivity index (χ4n) is 14.5. The molecule has 2 fully saturated rings. The van der Waals surface area contributed by atoms with Crippen LogP contribution in [-0.2, 0) is 66.7 Å². The number of hydrogen-bond acceptors (Lipinski definition) is 6. The monoisotopic (exact) mass is 2160 g/mol. The Hall–Kier alpha value is -9.52. The van der Waals surface area contributed by atoms with Gasteiger partial charge in [0, 0.05) is 117 Å². The second kappa shape index (κ2) is 47.0. The third-order valence-corrected chi connectivity index (χ3v) is 27.2. The molecule has 6 aromatic heterocycles. The van der Waals surface area contributed by atoms with Crippen LogP contribution < -0.4 is 15.6 Å². The van der Waals surface area contributed by atoms with Gasteiger partial charge in [-0.3, -0.25) is 0 Å². The Labute approximate surface area is 771 Å². The molecule has 6 nitrogen and oxygen atoms in total. The third-order valence-electron chi connectivity index (χ3n) is 21.0. The molecule has 17 rings (SSSR count). The molecule has 0 aliphatic heterocycles. The van der Waals surface area contributed by atoms with Crippen LogP contribution >= 0.6 is 0 Å². The Kier molecular flexibility index (Phi) is 32.5. The van der Waals surface area contributed by atoms with Crippen LogP contribution in [0.4, 0.5) is 0 Å². The van der Waals surface area contributed by atoms with Gasteiger partial charge in [-0.25, -0.2) is 0 Å². The molecule has 617 valence electrons. The summed E-state index contributed by atoms with van der Waals surface area (Å²) >= 11 is 0. The van der Waals surface area contributed by atoms with Crippen LogP contribution in [0.3, 0.4) is 0 Å². The summed E-state index contributed by atoms with van der Waals surface area (Å²) in [6, 6.07) is 102. The van der Waals surface area contributed by atoms with Crippen molar-refractivity contribution in [3.05, 3.63) is 381 Å². The molecule has 0 bridgehead atoms. The van der Waals surface area contributed by atoms with Crippen LogP contribution in [0, 0.1) is 42.3 Å². The number of benzene rings is 9. The van der Waals surface area contributed by atoms with E-state index in [2.05, 4.69) is 258 Å². The third kappa shape index (κ3) is 27.8. The van der Waals surface area contributed by atoms with Gasteiger partial charge in [0.05, 0.1) is 29.7 Å². The van der Waals surface area contributed by atoms with Gasteiger partial charge < -0.3 is 29.9 Å². The zero-order valence-corrected chi connectivity index (χ0v) is 80.7. The minimum Gasteiger partial charge on any atom is -0.305 e. The van der Waals surface area contributed by atoms with Gasteiger partial charge in [-0.15, -0.1) is 215 Å². The standard InChI is InChI=1S/C26H30NSi.C25H28NSi.C24H28NSi.3C11H8N.3Ir/c1-28(2,3)23-16-14-21(15-17-23)25-19-27-26(22-12-8-5-9-13-22)18-24(25)20-10-6-4-7-11-20;1-27(2,3)22-15-13-20(14-16-22)24-18-26-25(21-11-5-4-6-12-21)17-23(24)19-9-7-8-10-19;1-18(2)15-21-16-24(20-9-7-6-8-10-20)25-17-23(21)19-11-13-22(14-12-19)26(3,4)5;3*1-2-6-10(7-3-1)11-8-4-5-9-12-11;;;/h5,8-9,12,14-20H,4,6-7,10-11H2,1-3H3;4-6,11,13-19H,7-10H2,1-3H3;6-9,11-14,16-18H,15H2,1-5H3;3*1-6,8-9H;;;/q6*-1;;;/i;;;1D,2D,3D,4D,5D,6D,8D,9D;;;;;. The van der Waals surface area contributed by atoms with Gasteiger partial charge in [0.25, 0.3) is 0 Å². The first-order valence-corrected chi connectivity index (χ1v) is 51.5. The second-order valence-electron chi connectivity index (χ2n) is 33.2. The van der Waals surface area contributed by atoms with Crippen molar-refractivity contribution in [1.82, 2.24) is 29.9 Å². The van der Waals surface area contributed by atoms with E-state index in [4.69, 9.17) is 25.9 Å². The predicted octanol–water partition coefficient (Wildman–Crippen LogP) is 26.8. The first-order chi connectivity index (χ1) is 60.1. The molecular formula is C108H110Ir3N6Si3-6. The second-order valence-corrected chi connectivity index (χ2v) is 48.4. The molecule has 120 heavy (non-hydrogen) atoms. The van der Waals surface area contributed by atoms with Crippen molar-refractivity contribution in [3.8, 4) is 101 Å². The van der Waals surface area contributed by atoms with Crippen molar-refractivity contribution in [3.63, 3.8) is 0 Å². The van der Waals surface area contributed by atoms with Crippen molar-refractivity contribution in [1.29, 1.82) is 0 Å². The maximum atomic E-state index is 7.75. The summed E-state index contributed by atoms with van der Waals surface area (Å²) in [5, 5.41) is 4.52. The number of hydrogen-bond donors (Lipinski definition) is 0. The topological polar surface area (TPSA) is 77.3 Å². The Morgan fingerprint density at radius 3 is 1.04 bits per heavy atom.